The molecule has 1 aliphatic rings. The van der Waals surface area contributed by atoms with Crippen molar-refractivity contribution >= 4 is 23.5 Å². The van der Waals surface area contributed by atoms with Crippen molar-refractivity contribution in [3.8, 4) is 11.4 Å². The van der Waals surface area contributed by atoms with E-state index in [9.17, 15) is 31.5 Å². The molecule has 1 N–H and O–H groups in total. The highest BCUT2D eigenvalue weighted by Crippen LogP contribution is 2.30. The summed E-state index contributed by atoms with van der Waals surface area (Å²) in [6, 6.07) is 5.27. The Labute approximate surface area is 158 Å². The third-order valence-electron chi connectivity index (χ3n) is 3.58. The Morgan fingerprint density at radius 3 is 2.50 bits per heavy atom. The quantitative estimate of drug-likeness (QED) is 0.441. The maximum absolute atomic E-state index is 12.8. The first-order chi connectivity index (χ1) is 13.1. The van der Waals surface area contributed by atoms with E-state index in [2.05, 4.69) is 10.3 Å². The minimum atomic E-state index is -4.50. The minimum absolute atomic E-state index is 0.0411. The number of amides is 1. The summed E-state index contributed by atoms with van der Waals surface area (Å²) in [7, 11) is 0. The number of nitrogens with one attached hydrogen (secondary N) is 1. The van der Waals surface area contributed by atoms with Crippen molar-refractivity contribution in [1.29, 1.82) is 0 Å². The number of aromatic nitrogens is 2. The molecule has 28 heavy (non-hydrogen) atoms. The number of anilines is 1. The van der Waals surface area contributed by atoms with Crippen LogP contribution in [0.4, 0.5) is 27.8 Å². The van der Waals surface area contributed by atoms with Gasteiger partial charge in [0.1, 0.15) is 18.2 Å². The van der Waals surface area contributed by atoms with Gasteiger partial charge in [-0.3, -0.25) is 14.2 Å². The molecule has 1 aliphatic heterocycles. The molecule has 0 bridgehead atoms. The molecule has 1 amide bonds. The highest BCUT2D eigenvalue weighted by molar-refractivity contribution is 7.99. The van der Waals surface area contributed by atoms with Gasteiger partial charge in [0.05, 0.1) is 23.4 Å². The summed E-state index contributed by atoms with van der Waals surface area (Å²) in [5.74, 6) is -1.73. The topological polar surface area (TPSA) is 73.2 Å². The highest BCUT2D eigenvalue weighted by Gasteiger charge is 2.31. The van der Waals surface area contributed by atoms with E-state index in [-0.39, 0.29) is 34.4 Å². The van der Waals surface area contributed by atoms with E-state index >= 15 is 0 Å². The fourth-order valence-electron chi connectivity index (χ4n) is 2.46. The Balaban J connectivity index is 1.99. The molecule has 0 fully saturated rings. The van der Waals surface area contributed by atoms with E-state index < -0.39 is 36.4 Å². The minimum Gasteiger partial charge on any atom is -0.488 e. The van der Waals surface area contributed by atoms with Gasteiger partial charge in [0, 0.05) is 0 Å². The predicted molar refractivity (Wildman–Crippen MR) is 90.4 cm³/mol. The molecular formula is C16H12F5N3O3S. The molecule has 150 valence electrons. The predicted octanol–water partition coefficient (Wildman–Crippen LogP) is 3.03. The SMILES string of the molecule is O=C1Cc2c(nc(SCC(F)(F)F)n(-c3ccc(OCC(F)F)cc3)c2=O)N1. The van der Waals surface area contributed by atoms with Crippen molar-refractivity contribution in [3.63, 3.8) is 0 Å². The molecule has 0 saturated heterocycles. The molecule has 6 nitrogen and oxygen atoms in total. The first-order valence-corrected chi connectivity index (χ1v) is 8.79. The van der Waals surface area contributed by atoms with Crippen LogP contribution in [0.15, 0.2) is 34.2 Å². The number of thioether (sulfide) groups is 1. The van der Waals surface area contributed by atoms with Crippen LogP contribution in [0, 0.1) is 0 Å². The number of rotatable bonds is 6. The number of nitrogens with zero attached hydrogens (tertiary/aromatic N) is 2. The van der Waals surface area contributed by atoms with Crippen LogP contribution in [0.2, 0.25) is 0 Å². The fraction of sp³-hybridized carbons (Fsp3) is 0.312. The average Bonchev–Trinajstić information content (AvgIpc) is 2.99. The Morgan fingerprint density at radius 1 is 1.21 bits per heavy atom. The second kappa shape index (κ2) is 7.78. The Kier molecular flexibility index (Phi) is 5.59. The number of carbonyl (C=O) groups is 1. The Hall–Kier alpha value is -2.63. The van der Waals surface area contributed by atoms with Crippen molar-refractivity contribution in [2.24, 2.45) is 0 Å². The van der Waals surface area contributed by atoms with Crippen LogP contribution in [0.5, 0.6) is 5.75 Å². The van der Waals surface area contributed by atoms with Crippen molar-refractivity contribution in [1.82, 2.24) is 9.55 Å². The van der Waals surface area contributed by atoms with Crippen LogP contribution < -0.4 is 15.6 Å². The molecule has 2 aromatic rings. The van der Waals surface area contributed by atoms with Gasteiger partial charge in [0.25, 0.3) is 12.0 Å². The lowest BCUT2D eigenvalue weighted by molar-refractivity contribution is -0.115. The van der Waals surface area contributed by atoms with Crippen LogP contribution in [0.25, 0.3) is 5.69 Å². The summed E-state index contributed by atoms with van der Waals surface area (Å²) in [6.07, 6.45) is -7.40. The van der Waals surface area contributed by atoms with Gasteiger partial charge >= 0.3 is 6.18 Å². The number of benzene rings is 1. The number of fused-ring (bicyclic) bond motifs is 1. The number of carbonyl (C=O) groups excluding carboxylic acids is 1. The Morgan fingerprint density at radius 2 is 1.89 bits per heavy atom. The third-order valence-corrected chi connectivity index (χ3v) is 4.58. The lowest BCUT2D eigenvalue weighted by atomic mass is 10.2. The summed E-state index contributed by atoms with van der Waals surface area (Å²) in [6.45, 7) is -0.819. The molecule has 0 radical (unpaired) electrons. The molecule has 0 unspecified atom stereocenters. The molecule has 2 heterocycles. The number of halogens is 5. The van der Waals surface area contributed by atoms with Crippen LogP contribution in [-0.4, -0.2) is 40.4 Å². The molecule has 0 aliphatic carbocycles. The summed E-state index contributed by atoms with van der Waals surface area (Å²) in [5, 5.41) is 2.08. The van der Waals surface area contributed by atoms with Crippen LogP contribution in [-0.2, 0) is 11.2 Å². The standard InChI is InChI=1S/C16H12F5N3O3S/c17-11(18)6-27-9-3-1-8(2-4-9)24-14(26)10-5-12(25)22-13(10)23-15(24)28-7-16(19,20)21/h1-4,11H,5-7H2,(H,22,25). The largest absolute Gasteiger partial charge is 0.488 e. The fourth-order valence-corrected chi connectivity index (χ4v) is 3.22. The molecule has 3 rings (SSSR count). The van der Waals surface area contributed by atoms with Crippen molar-refractivity contribution in [3.05, 3.63) is 40.2 Å². The Bertz CT molecular complexity index is 944. The van der Waals surface area contributed by atoms with E-state index in [1.54, 1.807) is 0 Å². The summed E-state index contributed by atoms with van der Waals surface area (Å²) in [5.41, 5.74) is -0.484. The van der Waals surface area contributed by atoms with Crippen LogP contribution in [0.1, 0.15) is 5.56 Å². The first kappa shape index (κ1) is 20.1. The number of ether oxygens (including phenoxy) is 1. The summed E-state index contributed by atoms with van der Waals surface area (Å²) < 4.78 is 68.1. The zero-order valence-electron chi connectivity index (χ0n) is 13.9. The van der Waals surface area contributed by atoms with Gasteiger partial charge in [-0.15, -0.1) is 0 Å². The van der Waals surface area contributed by atoms with Gasteiger partial charge in [-0.2, -0.15) is 13.2 Å². The van der Waals surface area contributed by atoms with Gasteiger partial charge < -0.3 is 10.1 Å². The van der Waals surface area contributed by atoms with Gasteiger partial charge in [-0.1, -0.05) is 11.8 Å². The normalized spacial score (nSPS) is 13.6. The first-order valence-electron chi connectivity index (χ1n) is 7.81. The average molecular weight is 421 g/mol. The molecule has 12 heteroatoms. The summed E-state index contributed by atoms with van der Waals surface area (Å²) in [4.78, 5) is 28.3. The van der Waals surface area contributed by atoms with Crippen LogP contribution in [0.3, 0.4) is 0 Å². The zero-order valence-corrected chi connectivity index (χ0v) is 14.7. The molecule has 1 aromatic heterocycles. The lowest BCUT2D eigenvalue weighted by Gasteiger charge is -2.15. The second-order valence-electron chi connectivity index (χ2n) is 5.69. The van der Waals surface area contributed by atoms with Crippen molar-refractivity contribution < 1.29 is 31.5 Å². The zero-order chi connectivity index (χ0) is 20.5. The smallest absolute Gasteiger partial charge is 0.398 e. The lowest BCUT2D eigenvalue weighted by Crippen LogP contribution is -2.25. The van der Waals surface area contributed by atoms with Gasteiger partial charge in [-0.25, -0.2) is 13.8 Å². The van der Waals surface area contributed by atoms with E-state index in [1.165, 1.54) is 24.3 Å². The number of hydrogen-bond donors (Lipinski definition) is 1. The van der Waals surface area contributed by atoms with E-state index in [4.69, 9.17) is 4.74 Å². The van der Waals surface area contributed by atoms with Gasteiger partial charge in [0.2, 0.25) is 5.91 Å². The highest BCUT2D eigenvalue weighted by atomic mass is 32.2. The maximum atomic E-state index is 12.8. The van der Waals surface area contributed by atoms with Crippen molar-refractivity contribution in [2.45, 2.75) is 24.2 Å². The molecule has 1 aromatic carbocycles. The van der Waals surface area contributed by atoms with E-state index in [0.717, 1.165) is 4.57 Å². The number of alkyl halides is 5. The van der Waals surface area contributed by atoms with E-state index in [0.29, 0.717) is 11.8 Å². The monoisotopic (exact) mass is 421 g/mol. The number of hydrogen-bond acceptors (Lipinski definition) is 5. The van der Waals surface area contributed by atoms with Crippen LogP contribution >= 0.6 is 11.8 Å². The summed E-state index contributed by atoms with van der Waals surface area (Å²) >= 11 is 0.294. The third kappa shape index (κ3) is 4.61. The van der Waals surface area contributed by atoms with Gasteiger partial charge in [-0.05, 0) is 24.3 Å². The molecule has 0 spiro atoms. The molecular weight excluding hydrogens is 409 g/mol. The second-order valence-corrected chi connectivity index (χ2v) is 6.63. The van der Waals surface area contributed by atoms with E-state index in [1.807, 2.05) is 0 Å². The molecule has 0 saturated carbocycles. The molecule has 0 atom stereocenters. The van der Waals surface area contributed by atoms with Crippen molar-refractivity contribution in [2.75, 3.05) is 17.7 Å². The maximum Gasteiger partial charge on any atom is 0.398 e. The van der Waals surface area contributed by atoms with Gasteiger partial charge in [0.15, 0.2) is 5.16 Å².